The summed E-state index contributed by atoms with van der Waals surface area (Å²) in [6, 6.07) is 1.92. The lowest BCUT2D eigenvalue weighted by molar-refractivity contribution is 0.0786. The number of hydrogen-bond acceptors (Lipinski definition) is 2. The molecule has 1 amide bonds. The lowest BCUT2D eigenvalue weighted by Gasteiger charge is -2.16. The fourth-order valence-corrected chi connectivity index (χ4v) is 2.30. The van der Waals surface area contributed by atoms with E-state index in [1.165, 1.54) is 11.0 Å². The zero-order valence-electron chi connectivity index (χ0n) is 9.33. The second-order valence-electron chi connectivity index (χ2n) is 4.05. The molecule has 0 radical (unpaired) electrons. The Morgan fingerprint density at radius 1 is 1.39 bits per heavy atom. The lowest BCUT2D eigenvalue weighted by Crippen LogP contribution is -2.32. The van der Waals surface area contributed by atoms with Crippen LogP contribution in [-0.2, 0) is 0 Å². The van der Waals surface area contributed by atoms with Crippen molar-refractivity contribution in [2.24, 2.45) is 5.73 Å². The molecule has 1 atom stereocenters. The van der Waals surface area contributed by atoms with Crippen LogP contribution in [0, 0.1) is 15.2 Å². The van der Waals surface area contributed by atoms with Gasteiger partial charge < -0.3 is 10.6 Å². The molecule has 0 aliphatic carbocycles. The van der Waals surface area contributed by atoms with Crippen LogP contribution in [0.15, 0.2) is 12.1 Å². The molecule has 1 heterocycles. The smallest absolute Gasteiger partial charge is 0.256 e. The highest BCUT2D eigenvalue weighted by molar-refractivity contribution is 14.1. The predicted octanol–water partition coefficient (Wildman–Crippen LogP) is 2.16. The molecule has 18 heavy (non-hydrogen) atoms. The van der Waals surface area contributed by atoms with Gasteiger partial charge in [0.1, 0.15) is 11.6 Å². The van der Waals surface area contributed by atoms with E-state index in [1.807, 2.05) is 0 Å². The summed E-state index contributed by atoms with van der Waals surface area (Å²) in [5.41, 5.74) is 5.59. The van der Waals surface area contributed by atoms with E-state index < -0.39 is 17.5 Å². The number of hydrogen-bond donors (Lipinski definition) is 1. The highest BCUT2D eigenvalue weighted by Gasteiger charge is 2.26. The fraction of sp³-hybridized carbons (Fsp3) is 0.364. The van der Waals surface area contributed by atoms with Gasteiger partial charge in [0.05, 0.1) is 5.56 Å². The molecule has 0 unspecified atom stereocenters. The first kappa shape index (κ1) is 15.6. The normalized spacial score (nSPS) is 18.7. The van der Waals surface area contributed by atoms with Crippen LogP contribution in [0.1, 0.15) is 16.8 Å². The van der Waals surface area contributed by atoms with Crippen LogP contribution in [0.3, 0.4) is 0 Å². The Balaban J connectivity index is 0.00000162. The second-order valence-corrected chi connectivity index (χ2v) is 5.21. The maximum absolute atomic E-state index is 13.5. The summed E-state index contributed by atoms with van der Waals surface area (Å²) in [5, 5.41) is 0. The summed E-state index contributed by atoms with van der Waals surface area (Å²) in [6.45, 7) is 0.944. The molecule has 7 heteroatoms. The molecule has 1 aromatic rings. The number of benzene rings is 1. The van der Waals surface area contributed by atoms with Crippen molar-refractivity contribution in [1.29, 1.82) is 0 Å². The third kappa shape index (κ3) is 3.10. The minimum absolute atomic E-state index is 0. The van der Waals surface area contributed by atoms with Crippen molar-refractivity contribution in [3.63, 3.8) is 0 Å². The Morgan fingerprint density at radius 2 is 2.06 bits per heavy atom. The minimum Gasteiger partial charge on any atom is -0.337 e. The second kappa shape index (κ2) is 6.12. The van der Waals surface area contributed by atoms with Crippen molar-refractivity contribution in [1.82, 2.24) is 4.90 Å². The van der Waals surface area contributed by atoms with Gasteiger partial charge in [-0.25, -0.2) is 8.78 Å². The summed E-state index contributed by atoms with van der Waals surface area (Å²) in [5.74, 6) is -1.90. The van der Waals surface area contributed by atoms with E-state index in [9.17, 15) is 13.6 Å². The van der Waals surface area contributed by atoms with Gasteiger partial charge in [-0.05, 0) is 35.1 Å². The number of nitrogens with two attached hydrogens (primary N) is 1. The first-order valence-corrected chi connectivity index (χ1v) is 6.26. The quantitative estimate of drug-likeness (QED) is 0.592. The number of carbonyl (C=O) groups excluding carboxylic acids is 1. The van der Waals surface area contributed by atoms with Gasteiger partial charge >= 0.3 is 0 Å². The molecular weight excluding hydrogens is 376 g/mol. The zero-order valence-corrected chi connectivity index (χ0v) is 12.3. The van der Waals surface area contributed by atoms with Crippen LogP contribution in [0.4, 0.5) is 8.78 Å². The number of likely N-dealkylation sites (tertiary alicyclic amines) is 1. The topological polar surface area (TPSA) is 46.3 Å². The van der Waals surface area contributed by atoms with Gasteiger partial charge in [-0.2, -0.15) is 0 Å². The maximum Gasteiger partial charge on any atom is 0.256 e. The average molecular weight is 389 g/mol. The Bertz CT molecular complexity index is 473. The fourth-order valence-electron chi connectivity index (χ4n) is 1.83. The zero-order chi connectivity index (χ0) is 12.6. The Labute approximate surface area is 123 Å². The Kier molecular flexibility index (Phi) is 5.30. The van der Waals surface area contributed by atoms with Gasteiger partial charge in [0.25, 0.3) is 5.91 Å². The number of carbonyl (C=O) groups is 1. The number of amides is 1. The monoisotopic (exact) mass is 388 g/mol. The van der Waals surface area contributed by atoms with Gasteiger partial charge in [0.2, 0.25) is 0 Å². The van der Waals surface area contributed by atoms with Gasteiger partial charge in [0.15, 0.2) is 0 Å². The lowest BCUT2D eigenvalue weighted by atomic mass is 10.2. The van der Waals surface area contributed by atoms with E-state index in [0.717, 1.165) is 6.07 Å². The van der Waals surface area contributed by atoms with Crippen molar-refractivity contribution in [2.75, 3.05) is 13.1 Å². The molecule has 0 saturated carbocycles. The number of halogens is 4. The van der Waals surface area contributed by atoms with Gasteiger partial charge in [-0.1, -0.05) is 0 Å². The largest absolute Gasteiger partial charge is 0.337 e. The van der Waals surface area contributed by atoms with Gasteiger partial charge in [0, 0.05) is 28.8 Å². The summed E-state index contributed by atoms with van der Waals surface area (Å²) in [4.78, 5) is 13.5. The van der Waals surface area contributed by atoms with Crippen molar-refractivity contribution in [3.8, 4) is 0 Å². The highest BCUT2D eigenvalue weighted by atomic mass is 127. The Hall–Kier alpha value is -0.470. The van der Waals surface area contributed by atoms with Gasteiger partial charge in [-0.15, -0.1) is 12.4 Å². The summed E-state index contributed by atoms with van der Waals surface area (Å²) >= 11 is 1.73. The number of rotatable bonds is 1. The third-order valence-corrected chi connectivity index (χ3v) is 3.58. The molecule has 0 bridgehead atoms. The SMILES string of the molecule is Cl.N[C@@H]1CCN(C(=O)c2cc(I)c(F)cc2F)C1. The molecule has 1 fully saturated rings. The van der Waals surface area contributed by atoms with E-state index in [0.29, 0.717) is 19.5 Å². The molecule has 0 spiro atoms. The standard InChI is InChI=1S/C11H11F2IN2O.ClH/c12-8-4-9(13)10(14)3-7(8)11(17)16-2-1-6(15)5-16;/h3-4,6H,1-2,5,15H2;1H/t6-;/m1./s1. The molecule has 2 N–H and O–H groups in total. The number of nitrogens with zero attached hydrogens (tertiary/aromatic N) is 1. The minimum atomic E-state index is -0.826. The first-order chi connectivity index (χ1) is 7.99. The van der Waals surface area contributed by atoms with E-state index in [2.05, 4.69) is 0 Å². The summed E-state index contributed by atoms with van der Waals surface area (Å²) in [7, 11) is 0. The van der Waals surface area contributed by atoms with Crippen LogP contribution in [-0.4, -0.2) is 29.9 Å². The van der Waals surface area contributed by atoms with Crippen LogP contribution in [0.5, 0.6) is 0 Å². The van der Waals surface area contributed by atoms with Crippen LogP contribution >= 0.6 is 35.0 Å². The van der Waals surface area contributed by atoms with Crippen LogP contribution in [0.25, 0.3) is 0 Å². The van der Waals surface area contributed by atoms with Crippen molar-refractivity contribution < 1.29 is 13.6 Å². The third-order valence-electron chi connectivity index (χ3n) is 2.75. The van der Waals surface area contributed by atoms with Crippen molar-refractivity contribution in [3.05, 3.63) is 32.9 Å². The van der Waals surface area contributed by atoms with E-state index >= 15 is 0 Å². The molecule has 1 aromatic carbocycles. The van der Waals surface area contributed by atoms with E-state index in [4.69, 9.17) is 5.73 Å². The van der Waals surface area contributed by atoms with E-state index in [-0.39, 0.29) is 27.6 Å². The van der Waals surface area contributed by atoms with Crippen LogP contribution in [0.2, 0.25) is 0 Å². The van der Waals surface area contributed by atoms with Gasteiger partial charge in [-0.3, -0.25) is 4.79 Å². The first-order valence-electron chi connectivity index (χ1n) is 5.18. The van der Waals surface area contributed by atoms with Crippen LogP contribution < -0.4 is 5.73 Å². The maximum atomic E-state index is 13.5. The molecule has 1 saturated heterocycles. The average Bonchev–Trinajstić information content (AvgIpc) is 2.69. The van der Waals surface area contributed by atoms with Crippen molar-refractivity contribution >= 4 is 40.9 Å². The predicted molar refractivity (Wildman–Crippen MR) is 74.8 cm³/mol. The molecule has 100 valence electrons. The Morgan fingerprint density at radius 3 is 2.61 bits per heavy atom. The highest BCUT2D eigenvalue weighted by Crippen LogP contribution is 2.20. The molecule has 1 aliphatic heterocycles. The summed E-state index contributed by atoms with van der Waals surface area (Å²) in [6.07, 6.45) is 0.714. The molecule has 3 nitrogen and oxygen atoms in total. The molecule has 1 aliphatic rings. The summed E-state index contributed by atoms with van der Waals surface area (Å²) < 4.78 is 26.8. The van der Waals surface area contributed by atoms with Crippen molar-refractivity contribution in [2.45, 2.75) is 12.5 Å². The molecule has 2 rings (SSSR count). The van der Waals surface area contributed by atoms with E-state index in [1.54, 1.807) is 22.6 Å². The molecule has 0 aromatic heterocycles. The molecular formula is C11H12ClF2IN2O.